The lowest BCUT2D eigenvalue weighted by atomic mass is 10.1. The molecule has 25 heavy (non-hydrogen) atoms. The predicted octanol–water partition coefficient (Wildman–Crippen LogP) is 3.59. The first kappa shape index (κ1) is 18.7. The van der Waals surface area contributed by atoms with Gasteiger partial charge in [-0.1, -0.05) is 43.3 Å². The Morgan fingerprint density at radius 2 is 1.68 bits per heavy atom. The van der Waals surface area contributed by atoms with Gasteiger partial charge in [-0.05, 0) is 36.1 Å². The Bertz CT molecular complexity index is 692. The Labute approximate surface area is 145 Å². The summed E-state index contributed by atoms with van der Waals surface area (Å²) in [6.45, 7) is -0.642. The molecule has 0 radical (unpaired) electrons. The number of amides is 1. The minimum atomic E-state index is -2.87. The van der Waals surface area contributed by atoms with Gasteiger partial charge in [0.25, 0.3) is 5.91 Å². The minimum absolute atomic E-state index is 0.0911. The first-order valence-electron chi connectivity index (χ1n) is 8.10. The maximum Gasteiger partial charge on any atom is 0.387 e. The van der Waals surface area contributed by atoms with Gasteiger partial charge in [0.05, 0.1) is 0 Å². The number of alkyl halides is 2. The molecule has 0 heterocycles. The summed E-state index contributed by atoms with van der Waals surface area (Å²) in [5, 5.41) is 2.71. The van der Waals surface area contributed by atoms with Crippen molar-refractivity contribution in [2.24, 2.45) is 0 Å². The van der Waals surface area contributed by atoms with Crippen LogP contribution in [0.4, 0.5) is 8.78 Å². The van der Waals surface area contributed by atoms with Gasteiger partial charge in [0.2, 0.25) is 0 Å². The third-order valence-corrected chi connectivity index (χ3v) is 3.62. The lowest BCUT2D eigenvalue weighted by molar-refractivity contribution is -0.123. The summed E-state index contributed by atoms with van der Waals surface area (Å²) in [6.07, 6.45) is 1.21. The molecular formula is C19H21F2NO3. The first-order chi connectivity index (χ1) is 12.1. The van der Waals surface area contributed by atoms with Gasteiger partial charge in [-0.15, -0.1) is 0 Å². The number of carbonyl (C=O) groups excluding carboxylic acids is 1. The Morgan fingerprint density at radius 3 is 2.36 bits per heavy atom. The van der Waals surface area contributed by atoms with E-state index < -0.39 is 6.61 Å². The van der Waals surface area contributed by atoms with Crippen LogP contribution in [0, 0.1) is 0 Å². The van der Waals surface area contributed by atoms with E-state index in [1.54, 1.807) is 18.2 Å². The van der Waals surface area contributed by atoms with Crippen LogP contribution in [-0.2, 0) is 17.6 Å². The van der Waals surface area contributed by atoms with Crippen molar-refractivity contribution < 1.29 is 23.0 Å². The van der Waals surface area contributed by atoms with Crippen molar-refractivity contribution in [1.82, 2.24) is 5.32 Å². The number of nitrogens with one attached hydrogen (secondary N) is 1. The zero-order chi connectivity index (χ0) is 18.1. The number of aryl methyl sites for hydroxylation is 1. The fourth-order valence-electron chi connectivity index (χ4n) is 2.39. The first-order valence-corrected chi connectivity index (χ1v) is 8.10. The van der Waals surface area contributed by atoms with Crippen LogP contribution in [0.15, 0.2) is 48.5 Å². The number of para-hydroxylation sites is 2. The Kier molecular flexibility index (Phi) is 7.19. The van der Waals surface area contributed by atoms with Gasteiger partial charge in [-0.2, -0.15) is 8.78 Å². The maximum absolute atomic E-state index is 12.4. The van der Waals surface area contributed by atoms with Crippen LogP contribution in [-0.4, -0.2) is 25.7 Å². The van der Waals surface area contributed by atoms with E-state index in [0.29, 0.717) is 24.3 Å². The quantitative estimate of drug-likeness (QED) is 0.753. The van der Waals surface area contributed by atoms with Crippen LogP contribution in [0.2, 0.25) is 0 Å². The molecule has 2 aromatic carbocycles. The van der Waals surface area contributed by atoms with E-state index in [0.717, 1.165) is 12.0 Å². The maximum atomic E-state index is 12.4. The molecule has 2 aromatic rings. The Hall–Kier alpha value is -2.63. The van der Waals surface area contributed by atoms with Crippen LogP contribution >= 0.6 is 0 Å². The van der Waals surface area contributed by atoms with Crippen LogP contribution in [0.25, 0.3) is 0 Å². The highest BCUT2D eigenvalue weighted by molar-refractivity contribution is 5.77. The minimum Gasteiger partial charge on any atom is -0.483 e. The highest BCUT2D eigenvalue weighted by Gasteiger charge is 2.10. The molecule has 0 unspecified atom stereocenters. The fourth-order valence-corrected chi connectivity index (χ4v) is 2.39. The summed E-state index contributed by atoms with van der Waals surface area (Å²) in [7, 11) is 0. The van der Waals surface area contributed by atoms with Gasteiger partial charge in [0, 0.05) is 6.54 Å². The van der Waals surface area contributed by atoms with Gasteiger partial charge in [0.15, 0.2) is 6.61 Å². The highest BCUT2D eigenvalue weighted by atomic mass is 19.3. The molecule has 0 atom stereocenters. The molecule has 0 fully saturated rings. The lowest BCUT2D eigenvalue weighted by Gasteiger charge is -2.12. The van der Waals surface area contributed by atoms with E-state index >= 15 is 0 Å². The largest absolute Gasteiger partial charge is 0.483 e. The van der Waals surface area contributed by atoms with Gasteiger partial charge in [0.1, 0.15) is 11.5 Å². The number of ether oxygens (including phenoxy) is 2. The van der Waals surface area contributed by atoms with E-state index in [1.165, 1.54) is 6.07 Å². The molecule has 0 aliphatic carbocycles. The number of halogens is 2. The van der Waals surface area contributed by atoms with E-state index in [-0.39, 0.29) is 18.3 Å². The van der Waals surface area contributed by atoms with Gasteiger partial charge < -0.3 is 14.8 Å². The number of benzene rings is 2. The van der Waals surface area contributed by atoms with Crippen molar-refractivity contribution in [3.63, 3.8) is 0 Å². The normalized spacial score (nSPS) is 10.6. The standard InChI is InChI=1S/C19H21F2NO3/c1-2-14-7-3-5-9-16(14)24-13-18(23)22-12-11-15-8-4-6-10-17(15)25-19(20)21/h3-10,19H,2,11-13H2,1H3,(H,22,23). The van der Waals surface area contributed by atoms with Gasteiger partial charge in [-0.25, -0.2) is 0 Å². The summed E-state index contributed by atoms with van der Waals surface area (Å²) in [5.41, 5.74) is 1.65. The van der Waals surface area contributed by atoms with Crippen molar-refractivity contribution in [3.05, 3.63) is 59.7 Å². The average Bonchev–Trinajstić information content (AvgIpc) is 2.61. The molecule has 0 saturated heterocycles. The van der Waals surface area contributed by atoms with Gasteiger partial charge in [-0.3, -0.25) is 4.79 Å². The SMILES string of the molecule is CCc1ccccc1OCC(=O)NCCc1ccccc1OC(F)F. The summed E-state index contributed by atoms with van der Waals surface area (Å²) in [6, 6.07) is 14.1. The molecule has 6 heteroatoms. The van der Waals surface area contributed by atoms with Crippen LogP contribution in [0.3, 0.4) is 0 Å². The topological polar surface area (TPSA) is 47.6 Å². The number of hydrogen-bond donors (Lipinski definition) is 1. The molecule has 1 N–H and O–H groups in total. The third kappa shape index (κ3) is 6.06. The zero-order valence-corrected chi connectivity index (χ0v) is 14.0. The molecule has 0 aliphatic rings. The second-order valence-corrected chi connectivity index (χ2v) is 5.34. The fraction of sp³-hybridized carbons (Fsp3) is 0.316. The lowest BCUT2D eigenvalue weighted by Crippen LogP contribution is -2.30. The Morgan fingerprint density at radius 1 is 1.04 bits per heavy atom. The zero-order valence-electron chi connectivity index (χ0n) is 14.0. The summed E-state index contributed by atoms with van der Waals surface area (Å²) >= 11 is 0. The molecular weight excluding hydrogens is 328 g/mol. The van der Waals surface area contributed by atoms with Crippen molar-refractivity contribution in [2.45, 2.75) is 26.4 Å². The van der Waals surface area contributed by atoms with E-state index in [4.69, 9.17) is 4.74 Å². The molecule has 134 valence electrons. The molecule has 0 aliphatic heterocycles. The second-order valence-electron chi connectivity index (χ2n) is 5.34. The van der Waals surface area contributed by atoms with Gasteiger partial charge >= 0.3 is 6.61 Å². The van der Waals surface area contributed by atoms with E-state index in [2.05, 4.69) is 10.1 Å². The number of rotatable bonds is 9. The highest BCUT2D eigenvalue weighted by Crippen LogP contribution is 2.20. The Balaban J connectivity index is 1.79. The molecule has 0 saturated carbocycles. The van der Waals surface area contributed by atoms with Crippen LogP contribution in [0.1, 0.15) is 18.1 Å². The molecule has 0 aromatic heterocycles. The van der Waals surface area contributed by atoms with E-state index in [9.17, 15) is 13.6 Å². The van der Waals surface area contributed by atoms with Crippen LogP contribution < -0.4 is 14.8 Å². The van der Waals surface area contributed by atoms with Crippen molar-refractivity contribution in [3.8, 4) is 11.5 Å². The second kappa shape index (κ2) is 9.61. The third-order valence-electron chi connectivity index (χ3n) is 3.62. The molecule has 0 spiro atoms. The van der Waals surface area contributed by atoms with E-state index in [1.807, 2.05) is 31.2 Å². The summed E-state index contributed by atoms with van der Waals surface area (Å²) in [4.78, 5) is 11.9. The molecule has 0 bridgehead atoms. The summed E-state index contributed by atoms with van der Waals surface area (Å²) < 4.78 is 34.7. The predicted molar refractivity (Wildman–Crippen MR) is 91.1 cm³/mol. The molecule has 4 nitrogen and oxygen atoms in total. The number of hydrogen-bond acceptors (Lipinski definition) is 3. The van der Waals surface area contributed by atoms with Crippen molar-refractivity contribution in [2.75, 3.05) is 13.2 Å². The van der Waals surface area contributed by atoms with Crippen LogP contribution in [0.5, 0.6) is 11.5 Å². The summed E-state index contributed by atoms with van der Waals surface area (Å²) in [5.74, 6) is 0.550. The molecule has 1 amide bonds. The monoisotopic (exact) mass is 349 g/mol. The number of carbonyl (C=O) groups is 1. The van der Waals surface area contributed by atoms with Crippen molar-refractivity contribution in [1.29, 1.82) is 0 Å². The molecule has 2 rings (SSSR count). The smallest absolute Gasteiger partial charge is 0.387 e. The average molecular weight is 349 g/mol. The van der Waals surface area contributed by atoms with Crippen molar-refractivity contribution >= 4 is 5.91 Å².